The van der Waals surface area contributed by atoms with Crippen LogP contribution in [0.15, 0.2) is 0 Å². The van der Waals surface area contributed by atoms with Gasteiger partial charge in [0.1, 0.15) is 0 Å². The van der Waals surface area contributed by atoms with Gasteiger partial charge in [0, 0.05) is 32.2 Å². The number of amides is 1. The van der Waals surface area contributed by atoms with E-state index >= 15 is 0 Å². The van der Waals surface area contributed by atoms with Crippen molar-refractivity contribution in [3.8, 4) is 0 Å². The maximum Gasteiger partial charge on any atom is 0.223 e. The van der Waals surface area contributed by atoms with Gasteiger partial charge >= 0.3 is 0 Å². The third kappa shape index (κ3) is 2.90. The van der Waals surface area contributed by atoms with Crippen molar-refractivity contribution in [1.29, 1.82) is 0 Å². The van der Waals surface area contributed by atoms with E-state index in [4.69, 9.17) is 4.74 Å². The quantitative estimate of drug-likeness (QED) is 0.779. The number of nitrogens with zero attached hydrogens (tertiary/aromatic N) is 1. The van der Waals surface area contributed by atoms with Crippen molar-refractivity contribution in [2.75, 3.05) is 32.0 Å². The lowest BCUT2D eigenvalue weighted by Gasteiger charge is -2.49. The summed E-state index contributed by atoms with van der Waals surface area (Å²) in [6.45, 7) is 3.99. The highest BCUT2D eigenvalue weighted by molar-refractivity contribution is 7.89. The molecule has 0 aromatic heterocycles. The van der Waals surface area contributed by atoms with Gasteiger partial charge in [-0.3, -0.25) is 4.79 Å². The third-order valence-electron chi connectivity index (χ3n) is 5.51. The van der Waals surface area contributed by atoms with Crippen LogP contribution >= 0.6 is 0 Å². The average molecular weight is 330 g/mol. The summed E-state index contributed by atoms with van der Waals surface area (Å²) in [5, 5.41) is 3.02. The monoisotopic (exact) mass is 330 g/mol. The summed E-state index contributed by atoms with van der Waals surface area (Å²) in [4.78, 5) is 11.8. The molecule has 2 aliphatic heterocycles. The summed E-state index contributed by atoms with van der Waals surface area (Å²) in [5.74, 6) is 0.897. The molecule has 0 aromatic rings. The lowest BCUT2D eigenvalue weighted by Crippen LogP contribution is -2.66. The molecule has 1 atom stereocenters. The highest BCUT2D eigenvalue weighted by atomic mass is 32.2. The van der Waals surface area contributed by atoms with Crippen LogP contribution in [0.4, 0.5) is 0 Å². The van der Waals surface area contributed by atoms with Crippen LogP contribution in [0, 0.1) is 11.8 Å². The fourth-order valence-corrected chi connectivity index (χ4v) is 4.85. The summed E-state index contributed by atoms with van der Waals surface area (Å²) in [6.07, 6.45) is 5.04. The van der Waals surface area contributed by atoms with Crippen LogP contribution in [0.2, 0.25) is 0 Å². The second-order valence-electron chi connectivity index (χ2n) is 6.77. The fraction of sp³-hybridized carbons (Fsp3) is 0.933. The highest BCUT2D eigenvalue weighted by Crippen LogP contribution is 2.42. The number of sulfonamides is 1. The van der Waals surface area contributed by atoms with E-state index in [1.807, 2.05) is 0 Å². The number of hydrogen-bond acceptors (Lipinski definition) is 4. The molecule has 1 saturated carbocycles. The van der Waals surface area contributed by atoms with Crippen molar-refractivity contribution >= 4 is 15.9 Å². The van der Waals surface area contributed by atoms with Crippen LogP contribution < -0.4 is 5.32 Å². The third-order valence-corrected chi connectivity index (χ3v) is 7.29. The van der Waals surface area contributed by atoms with Gasteiger partial charge in [0.25, 0.3) is 0 Å². The van der Waals surface area contributed by atoms with Gasteiger partial charge in [-0.1, -0.05) is 6.42 Å². The second-order valence-corrected chi connectivity index (χ2v) is 9.03. The Morgan fingerprint density at radius 3 is 2.64 bits per heavy atom. The van der Waals surface area contributed by atoms with Gasteiger partial charge in [-0.2, -0.15) is 4.31 Å². The lowest BCUT2D eigenvalue weighted by molar-refractivity contribution is -0.127. The number of carbonyl (C=O) groups excluding carboxylic acids is 1. The predicted molar refractivity (Wildman–Crippen MR) is 82.8 cm³/mol. The number of nitrogens with one attached hydrogen (secondary N) is 1. The van der Waals surface area contributed by atoms with E-state index < -0.39 is 10.0 Å². The molecule has 1 amide bonds. The Balaban J connectivity index is 1.47. The van der Waals surface area contributed by atoms with E-state index in [2.05, 4.69) is 5.32 Å². The minimum Gasteiger partial charge on any atom is -0.372 e. The molecule has 22 heavy (non-hydrogen) atoms. The zero-order valence-electron chi connectivity index (χ0n) is 13.2. The summed E-state index contributed by atoms with van der Waals surface area (Å²) < 4.78 is 31.1. The molecule has 0 bridgehead atoms. The highest BCUT2D eigenvalue weighted by Gasteiger charge is 2.55. The first-order valence-corrected chi connectivity index (χ1v) is 9.97. The fourth-order valence-electron chi connectivity index (χ4n) is 3.66. The average Bonchev–Trinajstić information content (AvgIpc) is 2.79. The van der Waals surface area contributed by atoms with Gasteiger partial charge in [-0.05, 0) is 38.5 Å². The molecule has 2 saturated heterocycles. The molecule has 1 spiro atoms. The molecule has 126 valence electrons. The van der Waals surface area contributed by atoms with E-state index in [-0.39, 0.29) is 23.2 Å². The predicted octanol–water partition coefficient (Wildman–Crippen LogP) is 0.733. The Hall–Kier alpha value is -0.660. The molecule has 0 radical (unpaired) electrons. The zero-order chi connectivity index (χ0) is 15.8. The maximum absolute atomic E-state index is 11.9. The largest absolute Gasteiger partial charge is 0.372 e. The summed E-state index contributed by atoms with van der Waals surface area (Å²) in [6, 6.07) is 0. The zero-order valence-corrected chi connectivity index (χ0v) is 14.0. The molecule has 0 unspecified atom stereocenters. The summed E-state index contributed by atoms with van der Waals surface area (Å²) >= 11 is 0. The van der Waals surface area contributed by atoms with E-state index in [0.29, 0.717) is 32.2 Å². The molecular weight excluding hydrogens is 304 g/mol. The summed E-state index contributed by atoms with van der Waals surface area (Å²) in [5.41, 5.74) is -0.302. The topological polar surface area (TPSA) is 75.7 Å². The SMILES string of the molecule is CCS(=O)(=O)N1CC2(C1)OCC[C@@H]2CCNC(=O)C1CCC1. The van der Waals surface area contributed by atoms with Crippen molar-refractivity contribution in [2.45, 2.75) is 44.6 Å². The summed E-state index contributed by atoms with van der Waals surface area (Å²) in [7, 11) is -3.11. The Bertz CT molecular complexity index is 524. The number of ether oxygens (including phenoxy) is 1. The molecule has 6 nitrogen and oxygen atoms in total. The Labute approximate surface area is 132 Å². The molecule has 7 heteroatoms. The first kappa shape index (κ1) is 16.2. The van der Waals surface area contributed by atoms with E-state index in [9.17, 15) is 13.2 Å². The molecule has 1 N–H and O–H groups in total. The molecular formula is C15H26N2O4S. The van der Waals surface area contributed by atoms with Gasteiger partial charge < -0.3 is 10.1 Å². The first-order chi connectivity index (χ1) is 10.5. The van der Waals surface area contributed by atoms with Gasteiger partial charge in [-0.15, -0.1) is 0 Å². The molecule has 1 aliphatic carbocycles. The molecule has 3 rings (SSSR count). The van der Waals surface area contributed by atoms with Crippen molar-refractivity contribution < 1.29 is 17.9 Å². The van der Waals surface area contributed by atoms with E-state index in [0.717, 1.165) is 25.7 Å². The van der Waals surface area contributed by atoms with E-state index in [1.54, 1.807) is 6.92 Å². The number of rotatable bonds is 6. The Kier molecular flexibility index (Phi) is 4.49. The normalized spacial score (nSPS) is 28.3. The van der Waals surface area contributed by atoms with Gasteiger partial charge in [-0.25, -0.2) is 8.42 Å². The molecule has 2 heterocycles. The smallest absolute Gasteiger partial charge is 0.223 e. The van der Waals surface area contributed by atoms with Crippen LogP contribution in [0.5, 0.6) is 0 Å². The number of carbonyl (C=O) groups is 1. The Morgan fingerprint density at radius 1 is 1.32 bits per heavy atom. The Morgan fingerprint density at radius 2 is 2.05 bits per heavy atom. The van der Waals surface area contributed by atoms with Crippen molar-refractivity contribution in [3.05, 3.63) is 0 Å². The molecule has 3 aliphatic rings. The van der Waals surface area contributed by atoms with Gasteiger partial charge in [0.2, 0.25) is 15.9 Å². The number of hydrogen-bond donors (Lipinski definition) is 1. The van der Waals surface area contributed by atoms with Gasteiger partial charge in [0.05, 0.1) is 11.4 Å². The van der Waals surface area contributed by atoms with Crippen molar-refractivity contribution in [1.82, 2.24) is 9.62 Å². The standard InChI is InChI=1S/C15H26N2O4S/c1-2-22(19,20)17-10-15(11-17)13(7-9-21-15)6-8-16-14(18)12-4-3-5-12/h12-13H,2-11H2,1H3,(H,16,18)/t13-/m0/s1. The second kappa shape index (κ2) is 6.09. The van der Waals surface area contributed by atoms with Crippen LogP contribution in [0.25, 0.3) is 0 Å². The van der Waals surface area contributed by atoms with Crippen LogP contribution in [-0.4, -0.2) is 56.2 Å². The van der Waals surface area contributed by atoms with Crippen molar-refractivity contribution in [2.24, 2.45) is 11.8 Å². The first-order valence-electron chi connectivity index (χ1n) is 8.36. The van der Waals surface area contributed by atoms with Crippen LogP contribution in [0.1, 0.15) is 39.0 Å². The molecule has 3 fully saturated rings. The van der Waals surface area contributed by atoms with Gasteiger partial charge in [0.15, 0.2) is 0 Å². The minimum absolute atomic E-state index is 0.144. The molecule has 0 aromatic carbocycles. The van der Waals surface area contributed by atoms with Crippen LogP contribution in [0.3, 0.4) is 0 Å². The van der Waals surface area contributed by atoms with Crippen LogP contribution in [-0.2, 0) is 19.6 Å². The minimum atomic E-state index is -3.11. The maximum atomic E-state index is 11.9. The van der Waals surface area contributed by atoms with E-state index in [1.165, 1.54) is 10.7 Å². The lowest BCUT2D eigenvalue weighted by atomic mass is 9.80. The van der Waals surface area contributed by atoms with Crippen molar-refractivity contribution in [3.63, 3.8) is 0 Å².